The van der Waals surface area contributed by atoms with Gasteiger partial charge in [-0.1, -0.05) is 0 Å². The number of amides is 1. The van der Waals surface area contributed by atoms with Crippen LogP contribution in [0, 0.1) is 11.3 Å². The van der Waals surface area contributed by atoms with E-state index in [0.717, 1.165) is 6.07 Å². The molecule has 0 saturated heterocycles. The van der Waals surface area contributed by atoms with Crippen LogP contribution in [0.2, 0.25) is 0 Å². The highest BCUT2D eigenvalue weighted by atomic mass is 16.3. The van der Waals surface area contributed by atoms with Gasteiger partial charge in [0.1, 0.15) is 5.69 Å². The fraction of sp³-hybridized carbons (Fsp3) is 0.444. The third kappa shape index (κ3) is 2.96. The van der Waals surface area contributed by atoms with Gasteiger partial charge in [0.15, 0.2) is 0 Å². The predicted octanol–water partition coefficient (Wildman–Crippen LogP) is -1.19. The quantitative estimate of drug-likeness (QED) is 0.584. The van der Waals surface area contributed by atoms with Crippen LogP contribution in [0.3, 0.4) is 0 Å². The van der Waals surface area contributed by atoms with Crippen molar-refractivity contribution in [3.63, 3.8) is 0 Å². The summed E-state index contributed by atoms with van der Waals surface area (Å²) in [6.45, 7) is 0.192. The molecule has 0 aliphatic carbocycles. The molecule has 0 saturated carbocycles. The third-order valence-electron chi connectivity index (χ3n) is 1.88. The summed E-state index contributed by atoms with van der Waals surface area (Å²) in [7, 11) is 0. The predicted molar refractivity (Wildman–Crippen MR) is 54.7 cm³/mol. The molecule has 0 aliphatic heterocycles. The van der Waals surface area contributed by atoms with Crippen LogP contribution in [0.25, 0.3) is 0 Å². The summed E-state index contributed by atoms with van der Waals surface area (Å²) in [5.74, 6) is -0.457. The maximum absolute atomic E-state index is 11.4. The molecule has 0 aliphatic rings. The van der Waals surface area contributed by atoms with E-state index in [1.165, 1.54) is 4.68 Å². The molecular weight excluding hydrogens is 212 g/mol. The van der Waals surface area contributed by atoms with E-state index in [2.05, 4.69) is 10.4 Å². The van der Waals surface area contributed by atoms with Gasteiger partial charge < -0.3 is 10.4 Å². The Kier molecular flexibility index (Phi) is 4.29. The van der Waals surface area contributed by atoms with Crippen molar-refractivity contribution < 1.29 is 9.90 Å². The zero-order valence-corrected chi connectivity index (χ0v) is 8.56. The summed E-state index contributed by atoms with van der Waals surface area (Å²) in [5, 5.41) is 21.9. The van der Waals surface area contributed by atoms with Crippen LogP contribution in [0.5, 0.6) is 0 Å². The average molecular weight is 224 g/mol. The SMILES string of the molecule is N#CCCn1[nH]c(C(=O)NCCO)cc1=O. The number of nitrogens with one attached hydrogen (secondary N) is 2. The Hall–Kier alpha value is -2.07. The highest BCUT2D eigenvalue weighted by Crippen LogP contribution is 1.91. The Morgan fingerprint density at radius 3 is 3.06 bits per heavy atom. The molecule has 7 nitrogen and oxygen atoms in total. The number of hydrogen-bond acceptors (Lipinski definition) is 4. The number of rotatable bonds is 5. The van der Waals surface area contributed by atoms with Crippen molar-refractivity contribution in [1.82, 2.24) is 15.1 Å². The number of aliphatic hydroxyl groups is 1. The van der Waals surface area contributed by atoms with Crippen LogP contribution in [-0.2, 0) is 6.54 Å². The Labute approximate surface area is 91.3 Å². The highest BCUT2D eigenvalue weighted by Gasteiger charge is 2.09. The van der Waals surface area contributed by atoms with Crippen molar-refractivity contribution in [3.05, 3.63) is 22.1 Å². The molecule has 1 aromatic heterocycles. The Morgan fingerprint density at radius 1 is 1.69 bits per heavy atom. The van der Waals surface area contributed by atoms with Gasteiger partial charge in [-0.05, 0) is 0 Å². The van der Waals surface area contributed by atoms with Gasteiger partial charge in [-0.2, -0.15) is 5.26 Å². The normalized spacial score (nSPS) is 9.75. The lowest BCUT2D eigenvalue weighted by Gasteiger charge is -2.00. The minimum Gasteiger partial charge on any atom is -0.395 e. The molecule has 0 fully saturated rings. The average Bonchev–Trinajstić information content (AvgIpc) is 2.65. The van der Waals surface area contributed by atoms with Gasteiger partial charge >= 0.3 is 0 Å². The number of carbonyl (C=O) groups is 1. The van der Waals surface area contributed by atoms with E-state index in [1.54, 1.807) is 0 Å². The zero-order valence-electron chi connectivity index (χ0n) is 8.56. The maximum Gasteiger partial charge on any atom is 0.269 e. The molecule has 0 atom stereocenters. The Balaban J connectivity index is 2.72. The number of aromatic amines is 1. The summed E-state index contributed by atoms with van der Waals surface area (Å²) in [6, 6.07) is 3.06. The maximum atomic E-state index is 11.4. The molecule has 1 aromatic rings. The van der Waals surface area contributed by atoms with Gasteiger partial charge in [-0.15, -0.1) is 0 Å². The van der Waals surface area contributed by atoms with Crippen LogP contribution in [0.1, 0.15) is 16.9 Å². The monoisotopic (exact) mass is 224 g/mol. The number of H-pyrrole nitrogens is 1. The summed E-state index contributed by atoms with van der Waals surface area (Å²) < 4.78 is 1.19. The first-order chi connectivity index (χ1) is 7.69. The van der Waals surface area contributed by atoms with Gasteiger partial charge in [0.2, 0.25) is 0 Å². The van der Waals surface area contributed by atoms with Gasteiger partial charge in [0.05, 0.1) is 25.6 Å². The number of nitriles is 1. The second-order valence-corrected chi connectivity index (χ2v) is 3.05. The standard InChI is InChI=1S/C9H12N4O3/c10-2-1-4-13-8(15)6-7(12-13)9(16)11-3-5-14/h6,12,14H,1,3-5H2,(H,11,16). The van der Waals surface area contributed by atoms with Gasteiger partial charge in [0.25, 0.3) is 11.5 Å². The molecule has 0 aromatic carbocycles. The Morgan fingerprint density at radius 2 is 2.44 bits per heavy atom. The van der Waals surface area contributed by atoms with E-state index in [9.17, 15) is 9.59 Å². The largest absolute Gasteiger partial charge is 0.395 e. The first kappa shape index (κ1) is 12.0. The summed E-state index contributed by atoms with van der Waals surface area (Å²) >= 11 is 0. The molecule has 3 N–H and O–H groups in total. The highest BCUT2D eigenvalue weighted by molar-refractivity contribution is 5.92. The molecule has 86 valence electrons. The van der Waals surface area contributed by atoms with Gasteiger partial charge in [-0.3, -0.25) is 19.4 Å². The number of carbonyl (C=O) groups excluding carboxylic acids is 1. The van der Waals surface area contributed by atoms with Gasteiger partial charge in [-0.25, -0.2) is 0 Å². The molecule has 1 heterocycles. The van der Waals surface area contributed by atoms with Crippen LogP contribution < -0.4 is 10.9 Å². The van der Waals surface area contributed by atoms with Crippen LogP contribution >= 0.6 is 0 Å². The van der Waals surface area contributed by atoms with Gasteiger partial charge in [0, 0.05) is 12.6 Å². The molecule has 0 radical (unpaired) electrons. The molecule has 0 unspecified atom stereocenters. The topological polar surface area (TPSA) is 111 Å². The van der Waals surface area contributed by atoms with E-state index < -0.39 is 5.91 Å². The van der Waals surface area contributed by atoms with Crippen molar-refractivity contribution >= 4 is 5.91 Å². The van der Waals surface area contributed by atoms with Crippen molar-refractivity contribution in [3.8, 4) is 6.07 Å². The van der Waals surface area contributed by atoms with Crippen molar-refractivity contribution in [2.45, 2.75) is 13.0 Å². The smallest absolute Gasteiger partial charge is 0.269 e. The number of nitrogens with zero attached hydrogens (tertiary/aromatic N) is 2. The summed E-state index contributed by atoms with van der Waals surface area (Å²) in [5.41, 5.74) is -0.235. The van der Waals surface area contributed by atoms with Crippen molar-refractivity contribution in [1.29, 1.82) is 5.26 Å². The van der Waals surface area contributed by atoms with E-state index >= 15 is 0 Å². The molecule has 7 heteroatoms. The summed E-state index contributed by atoms with van der Waals surface area (Å²) in [6.07, 6.45) is 0.193. The van der Waals surface area contributed by atoms with Crippen LogP contribution in [0.4, 0.5) is 0 Å². The number of aromatic nitrogens is 2. The lowest BCUT2D eigenvalue weighted by Crippen LogP contribution is -2.26. The molecule has 16 heavy (non-hydrogen) atoms. The molecular formula is C9H12N4O3. The first-order valence-electron chi connectivity index (χ1n) is 4.75. The fourth-order valence-corrected chi connectivity index (χ4v) is 1.14. The van der Waals surface area contributed by atoms with Crippen molar-refractivity contribution in [2.24, 2.45) is 0 Å². The van der Waals surface area contributed by atoms with Crippen LogP contribution in [0.15, 0.2) is 10.9 Å². The fourth-order valence-electron chi connectivity index (χ4n) is 1.14. The molecule has 1 amide bonds. The minimum atomic E-state index is -0.457. The van der Waals surface area contributed by atoms with E-state index in [0.29, 0.717) is 0 Å². The van der Waals surface area contributed by atoms with E-state index in [-0.39, 0.29) is 37.4 Å². The van der Waals surface area contributed by atoms with E-state index in [1.807, 2.05) is 6.07 Å². The number of aryl methyl sites for hydroxylation is 1. The third-order valence-corrected chi connectivity index (χ3v) is 1.88. The van der Waals surface area contributed by atoms with E-state index in [4.69, 9.17) is 10.4 Å². The van der Waals surface area contributed by atoms with Crippen LogP contribution in [-0.4, -0.2) is 33.9 Å². The molecule has 1 rings (SSSR count). The molecule has 0 bridgehead atoms. The second kappa shape index (κ2) is 5.72. The number of hydrogen-bond donors (Lipinski definition) is 3. The zero-order chi connectivity index (χ0) is 12.0. The lowest BCUT2D eigenvalue weighted by molar-refractivity contribution is 0.0939. The second-order valence-electron chi connectivity index (χ2n) is 3.05. The molecule has 0 spiro atoms. The minimum absolute atomic E-state index is 0.122. The first-order valence-corrected chi connectivity index (χ1v) is 4.75. The van der Waals surface area contributed by atoms with Crippen molar-refractivity contribution in [2.75, 3.05) is 13.2 Å². The lowest BCUT2D eigenvalue weighted by atomic mass is 10.4. The summed E-state index contributed by atoms with van der Waals surface area (Å²) in [4.78, 5) is 22.7. The Bertz CT molecular complexity index is 454. The number of aliphatic hydroxyl groups excluding tert-OH is 1.